The minimum absolute atomic E-state index is 0.127. The Balaban J connectivity index is 3.16. The van der Waals surface area contributed by atoms with Gasteiger partial charge in [-0.15, -0.1) is 0 Å². The van der Waals surface area contributed by atoms with E-state index in [1.165, 1.54) is 12.1 Å². The molecule has 1 rings (SSSR count). The number of rotatable bonds is 4. The van der Waals surface area contributed by atoms with Crippen LogP contribution < -0.4 is 4.72 Å². The van der Waals surface area contributed by atoms with Gasteiger partial charge in [0.1, 0.15) is 11.9 Å². The third-order valence-electron chi connectivity index (χ3n) is 2.59. The molecule has 0 unspecified atom stereocenters. The quantitative estimate of drug-likeness (QED) is 0.855. The van der Waals surface area contributed by atoms with E-state index < -0.39 is 33.3 Å². The Labute approximate surface area is 125 Å². The highest BCUT2D eigenvalue weighted by Crippen LogP contribution is 2.23. The van der Waals surface area contributed by atoms with E-state index in [9.17, 15) is 17.6 Å². The fourth-order valence-corrected chi connectivity index (χ4v) is 3.12. The molecule has 0 saturated heterocycles. The van der Waals surface area contributed by atoms with Crippen LogP contribution in [-0.2, 0) is 14.8 Å². The molecule has 0 aromatic heterocycles. The lowest BCUT2D eigenvalue weighted by Crippen LogP contribution is -2.48. The second-order valence-electron chi connectivity index (χ2n) is 5.33. The molecule has 0 saturated carbocycles. The third kappa shape index (κ3) is 4.00. The molecule has 0 bridgehead atoms. The Kier molecular flexibility index (Phi) is 4.94. The lowest BCUT2D eigenvalue weighted by molar-refractivity contribution is -0.141. The average Bonchev–Trinajstić information content (AvgIpc) is 2.27. The molecule has 0 heterocycles. The SMILES string of the molecule is CC(C)(C)[C@H](NS(=O)(=O)c1ccc(Br)c(F)c1)C(=O)O. The molecular formula is C12H15BrFNO4S. The van der Waals surface area contributed by atoms with Crippen molar-refractivity contribution in [2.75, 3.05) is 0 Å². The molecule has 112 valence electrons. The molecule has 0 aliphatic carbocycles. The van der Waals surface area contributed by atoms with Crippen LogP contribution in [0.2, 0.25) is 0 Å². The Morgan fingerprint density at radius 1 is 1.40 bits per heavy atom. The van der Waals surface area contributed by atoms with Crippen LogP contribution in [0.5, 0.6) is 0 Å². The van der Waals surface area contributed by atoms with Gasteiger partial charge in [-0.3, -0.25) is 4.79 Å². The lowest BCUT2D eigenvalue weighted by Gasteiger charge is -2.27. The molecule has 0 radical (unpaired) electrons. The van der Waals surface area contributed by atoms with Gasteiger partial charge in [0.25, 0.3) is 0 Å². The van der Waals surface area contributed by atoms with Gasteiger partial charge in [-0.25, -0.2) is 12.8 Å². The van der Waals surface area contributed by atoms with Crippen molar-refractivity contribution >= 4 is 31.9 Å². The highest BCUT2D eigenvalue weighted by molar-refractivity contribution is 9.10. The van der Waals surface area contributed by atoms with E-state index in [0.717, 1.165) is 6.07 Å². The largest absolute Gasteiger partial charge is 0.480 e. The molecule has 0 fully saturated rings. The number of aliphatic carboxylic acids is 1. The summed E-state index contributed by atoms with van der Waals surface area (Å²) in [6.45, 7) is 4.78. The zero-order chi connectivity index (χ0) is 15.7. The van der Waals surface area contributed by atoms with Crippen molar-refractivity contribution in [1.29, 1.82) is 0 Å². The average molecular weight is 368 g/mol. The highest BCUT2D eigenvalue weighted by Gasteiger charge is 2.35. The van der Waals surface area contributed by atoms with E-state index in [-0.39, 0.29) is 9.37 Å². The summed E-state index contributed by atoms with van der Waals surface area (Å²) in [4.78, 5) is 10.8. The number of nitrogens with one attached hydrogen (secondary N) is 1. The summed E-state index contributed by atoms with van der Waals surface area (Å²) in [6.07, 6.45) is 0. The Bertz CT molecular complexity index is 625. The molecule has 5 nitrogen and oxygen atoms in total. The van der Waals surface area contributed by atoms with Crippen molar-refractivity contribution in [3.05, 3.63) is 28.5 Å². The molecule has 8 heteroatoms. The normalized spacial score (nSPS) is 14.1. The van der Waals surface area contributed by atoms with Crippen LogP contribution in [0.3, 0.4) is 0 Å². The van der Waals surface area contributed by atoms with Gasteiger partial charge in [0.15, 0.2) is 0 Å². The monoisotopic (exact) mass is 367 g/mol. The van der Waals surface area contributed by atoms with Crippen molar-refractivity contribution < 1.29 is 22.7 Å². The number of hydrogen-bond donors (Lipinski definition) is 2. The van der Waals surface area contributed by atoms with Gasteiger partial charge in [-0.05, 0) is 39.5 Å². The first kappa shape index (κ1) is 17.1. The molecular weight excluding hydrogens is 353 g/mol. The van der Waals surface area contributed by atoms with Gasteiger partial charge in [0.05, 0.1) is 9.37 Å². The molecule has 0 aliphatic heterocycles. The number of hydrogen-bond acceptors (Lipinski definition) is 3. The molecule has 1 aromatic rings. The molecule has 20 heavy (non-hydrogen) atoms. The van der Waals surface area contributed by atoms with Crippen LogP contribution in [-0.4, -0.2) is 25.5 Å². The second kappa shape index (κ2) is 5.79. The first-order valence-electron chi connectivity index (χ1n) is 5.65. The fraction of sp³-hybridized carbons (Fsp3) is 0.417. The van der Waals surface area contributed by atoms with Gasteiger partial charge in [-0.1, -0.05) is 20.8 Å². The van der Waals surface area contributed by atoms with Crippen molar-refractivity contribution in [1.82, 2.24) is 4.72 Å². The highest BCUT2D eigenvalue weighted by atomic mass is 79.9. The van der Waals surface area contributed by atoms with Gasteiger partial charge in [0.2, 0.25) is 10.0 Å². The topological polar surface area (TPSA) is 83.5 Å². The minimum Gasteiger partial charge on any atom is -0.480 e. The van der Waals surface area contributed by atoms with Crippen LogP contribution in [0, 0.1) is 11.2 Å². The van der Waals surface area contributed by atoms with Crippen LogP contribution in [0.1, 0.15) is 20.8 Å². The summed E-state index contributed by atoms with van der Waals surface area (Å²) in [5.41, 5.74) is -0.827. The number of sulfonamides is 1. The summed E-state index contributed by atoms with van der Waals surface area (Å²) < 4.78 is 39.8. The Morgan fingerprint density at radius 3 is 2.35 bits per heavy atom. The number of halogens is 2. The summed E-state index contributed by atoms with van der Waals surface area (Å²) >= 11 is 2.92. The minimum atomic E-state index is -4.12. The van der Waals surface area contributed by atoms with Crippen molar-refractivity contribution in [3.63, 3.8) is 0 Å². The van der Waals surface area contributed by atoms with Crippen LogP contribution in [0.15, 0.2) is 27.6 Å². The fourth-order valence-electron chi connectivity index (χ4n) is 1.46. The van der Waals surface area contributed by atoms with Gasteiger partial charge >= 0.3 is 5.97 Å². The van der Waals surface area contributed by atoms with E-state index in [2.05, 4.69) is 20.7 Å². The van der Waals surface area contributed by atoms with E-state index in [4.69, 9.17) is 5.11 Å². The van der Waals surface area contributed by atoms with E-state index in [0.29, 0.717) is 0 Å². The standard InChI is InChI=1S/C12H15BrFNO4S/c1-12(2,3)10(11(16)17)15-20(18,19)7-4-5-8(13)9(14)6-7/h4-6,10,15H,1-3H3,(H,16,17)/t10-/m1/s1. The molecule has 0 aliphatic rings. The first-order valence-corrected chi connectivity index (χ1v) is 7.93. The molecule has 1 aromatic carbocycles. The predicted molar refractivity (Wildman–Crippen MR) is 75.3 cm³/mol. The van der Waals surface area contributed by atoms with Crippen LogP contribution in [0.25, 0.3) is 0 Å². The van der Waals surface area contributed by atoms with E-state index in [1.54, 1.807) is 20.8 Å². The van der Waals surface area contributed by atoms with Crippen molar-refractivity contribution in [3.8, 4) is 0 Å². The summed E-state index contributed by atoms with van der Waals surface area (Å²) in [6, 6.07) is 1.95. The van der Waals surface area contributed by atoms with Gasteiger partial charge < -0.3 is 5.11 Å². The van der Waals surface area contributed by atoms with E-state index in [1.807, 2.05) is 0 Å². The first-order chi connectivity index (χ1) is 8.95. The lowest BCUT2D eigenvalue weighted by atomic mass is 9.88. The third-order valence-corrected chi connectivity index (χ3v) is 4.65. The zero-order valence-corrected chi connectivity index (χ0v) is 13.5. The van der Waals surface area contributed by atoms with E-state index >= 15 is 0 Å². The summed E-state index contributed by atoms with van der Waals surface area (Å²) in [7, 11) is -4.12. The van der Waals surface area contributed by atoms with Gasteiger partial charge in [-0.2, -0.15) is 4.72 Å². The molecule has 1 atom stereocenters. The number of benzene rings is 1. The maximum Gasteiger partial charge on any atom is 0.322 e. The zero-order valence-electron chi connectivity index (χ0n) is 11.1. The number of carboxylic acids is 1. The molecule has 0 spiro atoms. The Morgan fingerprint density at radius 2 is 1.95 bits per heavy atom. The van der Waals surface area contributed by atoms with Crippen molar-refractivity contribution in [2.24, 2.45) is 5.41 Å². The number of carboxylic acid groups (broad SMARTS) is 1. The van der Waals surface area contributed by atoms with Crippen molar-refractivity contribution in [2.45, 2.75) is 31.7 Å². The maximum atomic E-state index is 13.4. The maximum absolute atomic E-state index is 13.4. The molecule has 2 N–H and O–H groups in total. The van der Waals surface area contributed by atoms with Gasteiger partial charge in [0, 0.05) is 0 Å². The Hall–Kier alpha value is -0.990. The van der Waals surface area contributed by atoms with Crippen LogP contribution in [0.4, 0.5) is 4.39 Å². The predicted octanol–water partition coefficient (Wildman–Crippen LogP) is 2.37. The summed E-state index contributed by atoms with van der Waals surface area (Å²) in [5.74, 6) is -2.03. The second-order valence-corrected chi connectivity index (χ2v) is 7.90. The number of carbonyl (C=O) groups is 1. The molecule has 0 amide bonds. The summed E-state index contributed by atoms with van der Waals surface area (Å²) in [5, 5.41) is 9.11. The smallest absolute Gasteiger partial charge is 0.322 e. The van der Waals surface area contributed by atoms with Crippen LogP contribution >= 0.6 is 15.9 Å².